The number of amides is 2. The fourth-order valence-electron chi connectivity index (χ4n) is 4.10. The lowest BCUT2D eigenvalue weighted by Gasteiger charge is -2.38. The van der Waals surface area contributed by atoms with Crippen LogP contribution in [0.4, 0.5) is 4.39 Å². The summed E-state index contributed by atoms with van der Waals surface area (Å²) in [7, 11) is 0. The minimum Gasteiger partial charge on any atom is -0.355 e. The number of carbonyl (C=O) groups excluding carboxylic acids is 2. The van der Waals surface area contributed by atoms with E-state index in [1.54, 1.807) is 12.1 Å². The molecule has 1 aliphatic carbocycles. The number of halogens is 1. The third kappa shape index (κ3) is 5.89. The van der Waals surface area contributed by atoms with E-state index in [1.807, 2.05) is 30.3 Å². The average molecular weight is 397 g/mol. The van der Waals surface area contributed by atoms with E-state index in [4.69, 9.17) is 0 Å². The van der Waals surface area contributed by atoms with Gasteiger partial charge in [-0.25, -0.2) is 4.39 Å². The maximum absolute atomic E-state index is 13.3. The summed E-state index contributed by atoms with van der Waals surface area (Å²) in [4.78, 5) is 24.4. The van der Waals surface area contributed by atoms with Crippen molar-refractivity contribution in [1.29, 1.82) is 0 Å². The van der Waals surface area contributed by atoms with Crippen LogP contribution in [0.2, 0.25) is 0 Å². The Morgan fingerprint density at radius 1 is 0.897 bits per heavy atom. The molecule has 0 spiro atoms. The highest BCUT2D eigenvalue weighted by Crippen LogP contribution is 2.39. The maximum atomic E-state index is 13.3. The van der Waals surface area contributed by atoms with Gasteiger partial charge < -0.3 is 10.6 Å². The number of hydrogen-bond donors (Lipinski definition) is 2. The Bertz CT molecular complexity index is 799. The molecule has 2 aromatic rings. The predicted molar refractivity (Wildman–Crippen MR) is 112 cm³/mol. The van der Waals surface area contributed by atoms with E-state index in [-0.39, 0.29) is 23.0 Å². The molecule has 4 nitrogen and oxygen atoms in total. The van der Waals surface area contributed by atoms with Crippen LogP contribution < -0.4 is 10.6 Å². The van der Waals surface area contributed by atoms with Gasteiger partial charge in [-0.15, -0.1) is 0 Å². The predicted octanol–water partition coefficient (Wildman–Crippen LogP) is 4.35. The SMILES string of the molecule is O=C(CCCNC(=O)c1ccccc1)NCC1(c2ccc(F)cc2)CCCCC1. The lowest BCUT2D eigenvalue weighted by atomic mass is 9.69. The van der Waals surface area contributed by atoms with E-state index in [2.05, 4.69) is 10.6 Å². The van der Waals surface area contributed by atoms with Gasteiger partial charge in [-0.2, -0.15) is 0 Å². The summed E-state index contributed by atoms with van der Waals surface area (Å²) >= 11 is 0. The highest BCUT2D eigenvalue weighted by atomic mass is 19.1. The first kappa shape index (κ1) is 21.0. The van der Waals surface area contributed by atoms with E-state index < -0.39 is 0 Å². The van der Waals surface area contributed by atoms with Crippen molar-refractivity contribution in [3.05, 3.63) is 71.5 Å². The lowest BCUT2D eigenvalue weighted by Crippen LogP contribution is -2.42. The highest BCUT2D eigenvalue weighted by molar-refractivity contribution is 5.94. The van der Waals surface area contributed by atoms with E-state index in [9.17, 15) is 14.0 Å². The Morgan fingerprint density at radius 3 is 2.28 bits per heavy atom. The zero-order valence-corrected chi connectivity index (χ0v) is 16.8. The Hall–Kier alpha value is -2.69. The normalized spacial score (nSPS) is 15.5. The van der Waals surface area contributed by atoms with E-state index >= 15 is 0 Å². The molecule has 0 heterocycles. The van der Waals surface area contributed by atoms with Crippen LogP contribution in [0.3, 0.4) is 0 Å². The minimum atomic E-state index is -0.235. The Morgan fingerprint density at radius 2 is 1.59 bits per heavy atom. The first-order valence-electron chi connectivity index (χ1n) is 10.5. The fraction of sp³-hybridized carbons (Fsp3) is 0.417. The maximum Gasteiger partial charge on any atom is 0.251 e. The second-order valence-corrected chi connectivity index (χ2v) is 7.85. The second kappa shape index (κ2) is 10.2. The van der Waals surface area contributed by atoms with Crippen molar-refractivity contribution in [3.63, 3.8) is 0 Å². The van der Waals surface area contributed by atoms with Gasteiger partial charge in [0, 0.05) is 30.5 Å². The first-order valence-corrected chi connectivity index (χ1v) is 10.5. The molecule has 2 aromatic carbocycles. The molecule has 154 valence electrons. The molecule has 1 aliphatic rings. The molecule has 1 saturated carbocycles. The molecule has 1 fully saturated rings. The third-order valence-corrected chi connectivity index (χ3v) is 5.79. The summed E-state index contributed by atoms with van der Waals surface area (Å²) in [6, 6.07) is 15.8. The number of rotatable bonds is 8. The third-order valence-electron chi connectivity index (χ3n) is 5.79. The Balaban J connectivity index is 1.45. The number of nitrogens with one attached hydrogen (secondary N) is 2. The molecular weight excluding hydrogens is 367 g/mol. The smallest absolute Gasteiger partial charge is 0.251 e. The molecule has 2 amide bonds. The standard InChI is InChI=1S/C24H29FN2O2/c25-21-13-11-20(12-14-21)24(15-5-2-6-16-24)18-27-22(28)10-7-17-26-23(29)19-8-3-1-4-9-19/h1,3-4,8-9,11-14H,2,5-7,10,15-18H2,(H,26,29)(H,27,28). The van der Waals surface area contributed by atoms with Gasteiger partial charge in [0.05, 0.1) is 0 Å². The summed E-state index contributed by atoms with van der Waals surface area (Å²) in [5.74, 6) is -0.365. The Labute approximate surface area is 171 Å². The monoisotopic (exact) mass is 396 g/mol. The molecule has 0 aliphatic heterocycles. The van der Waals surface area contributed by atoms with Crippen molar-refractivity contribution < 1.29 is 14.0 Å². The molecule has 2 N–H and O–H groups in total. The van der Waals surface area contributed by atoms with Crippen LogP contribution in [-0.2, 0) is 10.2 Å². The van der Waals surface area contributed by atoms with Crippen molar-refractivity contribution >= 4 is 11.8 Å². The van der Waals surface area contributed by atoms with Gasteiger partial charge in [0.15, 0.2) is 0 Å². The topological polar surface area (TPSA) is 58.2 Å². The molecule has 0 atom stereocenters. The molecule has 0 unspecified atom stereocenters. The highest BCUT2D eigenvalue weighted by Gasteiger charge is 2.34. The number of carbonyl (C=O) groups is 2. The molecule has 0 aromatic heterocycles. The van der Waals surface area contributed by atoms with Crippen LogP contribution in [0, 0.1) is 5.82 Å². The van der Waals surface area contributed by atoms with Crippen LogP contribution in [0.25, 0.3) is 0 Å². The van der Waals surface area contributed by atoms with Crippen LogP contribution in [0.1, 0.15) is 60.9 Å². The van der Waals surface area contributed by atoms with Gasteiger partial charge >= 0.3 is 0 Å². The minimum absolute atomic E-state index is 0.00831. The summed E-state index contributed by atoms with van der Waals surface area (Å²) in [6.07, 6.45) is 6.43. The first-order chi connectivity index (χ1) is 14.1. The van der Waals surface area contributed by atoms with E-state index in [0.29, 0.717) is 31.5 Å². The van der Waals surface area contributed by atoms with Crippen LogP contribution >= 0.6 is 0 Å². The molecule has 5 heteroatoms. The molecular formula is C24H29FN2O2. The number of benzene rings is 2. The second-order valence-electron chi connectivity index (χ2n) is 7.85. The van der Waals surface area contributed by atoms with Crippen molar-refractivity contribution in [2.75, 3.05) is 13.1 Å². The fourth-order valence-corrected chi connectivity index (χ4v) is 4.10. The van der Waals surface area contributed by atoms with E-state index in [0.717, 1.165) is 31.2 Å². The van der Waals surface area contributed by atoms with Crippen molar-refractivity contribution in [3.8, 4) is 0 Å². The van der Waals surface area contributed by atoms with Crippen LogP contribution in [-0.4, -0.2) is 24.9 Å². The zero-order chi connectivity index (χ0) is 20.5. The largest absolute Gasteiger partial charge is 0.355 e. The lowest BCUT2D eigenvalue weighted by molar-refractivity contribution is -0.121. The van der Waals surface area contributed by atoms with Gasteiger partial charge in [-0.05, 0) is 49.1 Å². The van der Waals surface area contributed by atoms with Gasteiger partial charge in [0.2, 0.25) is 5.91 Å². The summed E-state index contributed by atoms with van der Waals surface area (Å²) < 4.78 is 13.3. The van der Waals surface area contributed by atoms with Gasteiger partial charge in [-0.1, -0.05) is 49.6 Å². The van der Waals surface area contributed by atoms with Crippen molar-refractivity contribution in [1.82, 2.24) is 10.6 Å². The quantitative estimate of drug-likeness (QED) is 0.652. The van der Waals surface area contributed by atoms with Gasteiger partial charge in [0.1, 0.15) is 5.82 Å². The summed E-state index contributed by atoms with van der Waals surface area (Å²) in [6.45, 7) is 1.04. The molecule has 3 rings (SSSR count). The molecule has 0 bridgehead atoms. The summed E-state index contributed by atoms with van der Waals surface area (Å²) in [5, 5.41) is 5.92. The van der Waals surface area contributed by atoms with Crippen molar-refractivity contribution in [2.45, 2.75) is 50.4 Å². The van der Waals surface area contributed by atoms with E-state index in [1.165, 1.54) is 18.6 Å². The van der Waals surface area contributed by atoms with Crippen LogP contribution in [0.15, 0.2) is 54.6 Å². The summed E-state index contributed by atoms with van der Waals surface area (Å²) in [5.41, 5.74) is 1.62. The molecule has 0 saturated heterocycles. The van der Waals surface area contributed by atoms with Crippen molar-refractivity contribution in [2.24, 2.45) is 0 Å². The van der Waals surface area contributed by atoms with Gasteiger partial charge in [0.25, 0.3) is 5.91 Å². The average Bonchev–Trinajstić information content (AvgIpc) is 2.77. The number of hydrogen-bond acceptors (Lipinski definition) is 2. The van der Waals surface area contributed by atoms with Crippen LogP contribution in [0.5, 0.6) is 0 Å². The zero-order valence-electron chi connectivity index (χ0n) is 16.8. The van der Waals surface area contributed by atoms with Gasteiger partial charge in [-0.3, -0.25) is 9.59 Å². The molecule has 29 heavy (non-hydrogen) atoms. The Kier molecular flexibility index (Phi) is 7.39. The molecule has 0 radical (unpaired) electrons.